The van der Waals surface area contributed by atoms with Gasteiger partial charge in [0.2, 0.25) is 5.91 Å². The minimum Gasteiger partial charge on any atom is -0.354 e. The summed E-state index contributed by atoms with van der Waals surface area (Å²) in [5, 5.41) is 6.86. The van der Waals surface area contributed by atoms with Gasteiger partial charge in [-0.1, -0.05) is 0 Å². The van der Waals surface area contributed by atoms with Gasteiger partial charge in [-0.25, -0.2) is 9.78 Å². The number of amides is 1. The average molecular weight is 343 g/mol. The highest BCUT2D eigenvalue weighted by atomic mass is 32.1. The summed E-state index contributed by atoms with van der Waals surface area (Å²) < 4.78 is 3.16. The lowest BCUT2D eigenvalue weighted by molar-refractivity contribution is -0.124. The molecule has 1 aliphatic rings. The van der Waals surface area contributed by atoms with E-state index in [4.69, 9.17) is 0 Å². The van der Waals surface area contributed by atoms with E-state index in [0.717, 1.165) is 23.4 Å². The second kappa shape index (κ2) is 5.88. The Balaban J connectivity index is 1.77. The molecule has 7 nitrogen and oxygen atoms in total. The third-order valence-corrected chi connectivity index (χ3v) is 4.85. The molecule has 0 bridgehead atoms. The van der Waals surface area contributed by atoms with Crippen LogP contribution in [0.5, 0.6) is 0 Å². The fourth-order valence-electron chi connectivity index (χ4n) is 2.99. The summed E-state index contributed by atoms with van der Waals surface area (Å²) in [4.78, 5) is 30.6. The third-order valence-electron chi connectivity index (χ3n) is 4.16. The van der Waals surface area contributed by atoms with Gasteiger partial charge in [-0.3, -0.25) is 14.1 Å². The number of nitrogens with one attached hydrogen (secondary N) is 1. The molecule has 0 aliphatic carbocycles. The Bertz CT molecular complexity index is 957. The number of fused-ring (bicyclic) bond motifs is 1. The zero-order chi connectivity index (χ0) is 16.7. The van der Waals surface area contributed by atoms with Crippen molar-refractivity contribution in [3.8, 4) is 11.1 Å². The summed E-state index contributed by atoms with van der Waals surface area (Å²) in [6.07, 6.45) is 3.60. The lowest BCUT2D eigenvalue weighted by Crippen LogP contribution is -2.47. The van der Waals surface area contributed by atoms with Gasteiger partial charge in [-0.15, -0.1) is 0 Å². The molecule has 0 atom stereocenters. The Kier molecular flexibility index (Phi) is 3.70. The summed E-state index contributed by atoms with van der Waals surface area (Å²) >= 11 is 1.61. The number of hydrogen-bond acceptors (Lipinski definition) is 5. The fraction of sp³-hybridized carbons (Fsp3) is 0.312. The number of hydrogen-bond donors (Lipinski definition) is 1. The van der Waals surface area contributed by atoms with Crippen LogP contribution >= 0.6 is 11.3 Å². The summed E-state index contributed by atoms with van der Waals surface area (Å²) in [6.45, 7) is 2.35. The van der Waals surface area contributed by atoms with Crippen LogP contribution in [0.3, 0.4) is 0 Å². The van der Waals surface area contributed by atoms with Crippen LogP contribution < -0.4 is 11.0 Å². The van der Waals surface area contributed by atoms with E-state index in [1.165, 1.54) is 0 Å². The second-order valence-electron chi connectivity index (χ2n) is 5.93. The molecule has 1 saturated heterocycles. The highest BCUT2D eigenvalue weighted by Gasteiger charge is 2.19. The van der Waals surface area contributed by atoms with Crippen molar-refractivity contribution in [1.82, 2.24) is 24.2 Å². The Morgan fingerprint density at radius 3 is 2.96 bits per heavy atom. The molecule has 0 unspecified atom stereocenters. The highest BCUT2D eigenvalue weighted by molar-refractivity contribution is 7.08. The molecular formula is C16H17N5O2S. The van der Waals surface area contributed by atoms with Gasteiger partial charge in [0.15, 0.2) is 5.65 Å². The van der Waals surface area contributed by atoms with Crippen LogP contribution in [0.1, 0.15) is 5.69 Å². The number of imidazole rings is 1. The van der Waals surface area contributed by atoms with Gasteiger partial charge in [0, 0.05) is 44.6 Å². The number of carbonyl (C=O) groups excluding carboxylic acids is 1. The first-order chi connectivity index (χ1) is 11.6. The molecule has 4 heterocycles. The van der Waals surface area contributed by atoms with Crippen molar-refractivity contribution < 1.29 is 4.79 Å². The molecule has 1 amide bonds. The van der Waals surface area contributed by atoms with Crippen LogP contribution in [0.4, 0.5) is 0 Å². The Morgan fingerprint density at radius 1 is 1.33 bits per heavy atom. The van der Waals surface area contributed by atoms with Crippen LogP contribution in [0.15, 0.2) is 34.0 Å². The average Bonchev–Trinajstić information content (AvgIpc) is 3.21. The second-order valence-corrected chi connectivity index (χ2v) is 6.71. The molecule has 24 heavy (non-hydrogen) atoms. The Hall–Kier alpha value is -2.45. The van der Waals surface area contributed by atoms with Crippen LogP contribution in [0, 0.1) is 0 Å². The summed E-state index contributed by atoms with van der Waals surface area (Å²) in [5.41, 5.74) is 3.31. The zero-order valence-electron chi connectivity index (χ0n) is 13.2. The molecule has 124 valence electrons. The topological polar surface area (TPSA) is 71.6 Å². The van der Waals surface area contributed by atoms with Gasteiger partial charge in [0.05, 0.1) is 12.2 Å². The number of rotatable bonds is 3. The standard InChI is InChI=1S/C16H17N5O2S/c1-19-8-13(11-2-5-24-10-11)15-18-12(7-21(15)16(19)23)6-20-4-3-17-14(22)9-20/h2,5,7-8,10H,3-4,6,9H2,1H3,(H,17,22). The predicted octanol–water partition coefficient (Wildman–Crippen LogP) is 0.693. The summed E-state index contributed by atoms with van der Waals surface area (Å²) in [6, 6.07) is 2.02. The lowest BCUT2D eigenvalue weighted by Gasteiger charge is -2.25. The maximum Gasteiger partial charge on any atom is 0.333 e. The predicted molar refractivity (Wildman–Crippen MR) is 92.0 cm³/mol. The summed E-state index contributed by atoms with van der Waals surface area (Å²) in [7, 11) is 1.74. The van der Waals surface area contributed by atoms with Crippen molar-refractivity contribution in [2.24, 2.45) is 7.05 Å². The largest absolute Gasteiger partial charge is 0.354 e. The van der Waals surface area contributed by atoms with Crippen LogP contribution in [-0.2, 0) is 18.4 Å². The third kappa shape index (κ3) is 2.63. The number of aryl methyl sites for hydroxylation is 1. The minimum atomic E-state index is -0.126. The van der Waals surface area contributed by atoms with Gasteiger partial charge in [-0.05, 0) is 22.4 Å². The first-order valence-electron chi connectivity index (χ1n) is 7.71. The van der Waals surface area contributed by atoms with Gasteiger partial charge in [0.1, 0.15) is 0 Å². The van der Waals surface area contributed by atoms with Crippen molar-refractivity contribution in [3.05, 3.63) is 45.4 Å². The van der Waals surface area contributed by atoms with Crippen LogP contribution in [0.25, 0.3) is 16.8 Å². The molecule has 8 heteroatoms. The maximum atomic E-state index is 12.4. The molecule has 1 N–H and O–H groups in total. The van der Waals surface area contributed by atoms with Gasteiger partial charge < -0.3 is 9.88 Å². The van der Waals surface area contributed by atoms with Crippen molar-refractivity contribution in [2.75, 3.05) is 19.6 Å². The molecule has 4 rings (SSSR count). The zero-order valence-corrected chi connectivity index (χ0v) is 14.0. The first kappa shape index (κ1) is 15.1. The van der Waals surface area contributed by atoms with E-state index in [1.807, 2.05) is 27.9 Å². The molecule has 0 spiro atoms. The molecule has 3 aromatic rings. The normalized spacial score (nSPS) is 15.8. The van der Waals surface area contributed by atoms with E-state index in [1.54, 1.807) is 33.5 Å². The number of piperazine rings is 1. The van der Waals surface area contributed by atoms with E-state index < -0.39 is 0 Å². The smallest absolute Gasteiger partial charge is 0.333 e. The van der Waals surface area contributed by atoms with Gasteiger partial charge in [-0.2, -0.15) is 11.3 Å². The van der Waals surface area contributed by atoms with Crippen molar-refractivity contribution >= 4 is 22.9 Å². The molecule has 0 radical (unpaired) electrons. The first-order valence-corrected chi connectivity index (χ1v) is 8.65. The molecular weight excluding hydrogens is 326 g/mol. The number of nitrogens with zero attached hydrogens (tertiary/aromatic N) is 4. The maximum absolute atomic E-state index is 12.4. The van der Waals surface area contributed by atoms with E-state index in [2.05, 4.69) is 10.3 Å². The van der Waals surface area contributed by atoms with E-state index in [9.17, 15) is 9.59 Å². The van der Waals surface area contributed by atoms with Crippen LogP contribution in [0.2, 0.25) is 0 Å². The van der Waals surface area contributed by atoms with E-state index >= 15 is 0 Å². The lowest BCUT2D eigenvalue weighted by atomic mass is 10.2. The Morgan fingerprint density at radius 2 is 2.21 bits per heavy atom. The number of thiophene rings is 1. The monoisotopic (exact) mass is 343 g/mol. The highest BCUT2D eigenvalue weighted by Crippen LogP contribution is 2.25. The summed E-state index contributed by atoms with van der Waals surface area (Å²) in [5.74, 6) is 0.0277. The SMILES string of the molecule is Cn1cc(-c2ccsc2)c2nc(CN3CCNC(=O)C3)cn2c1=O. The fourth-order valence-corrected chi connectivity index (χ4v) is 3.65. The molecule has 0 aromatic carbocycles. The van der Waals surface area contributed by atoms with Gasteiger partial charge in [0.25, 0.3) is 0 Å². The number of carbonyl (C=O) groups is 1. The molecule has 0 saturated carbocycles. The van der Waals surface area contributed by atoms with Crippen molar-refractivity contribution in [1.29, 1.82) is 0 Å². The quantitative estimate of drug-likeness (QED) is 0.760. The molecule has 1 aliphatic heterocycles. The molecule has 3 aromatic heterocycles. The van der Waals surface area contributed by atoms with Crippen LogP contribution in [-0.4, -0.2) is 44.4 Å². The Labute approximate surface area is 142 Å². The number of aromatic nitrogens is 3. The van der Waals surface area contributed by atoms with Crippen molar-refractivity contribution in [2.45, 2.75) is 6.54 Å². The minimum absolute atomic E-state index is 0.0277. The van der Waals surface area contributed by atoms with E-state index in [-0.39, 0.29) is 11.6 Å². The van der Waals surface area contributed by atoms with Crippen molar-refractivity contribution in [3.63, 3.8) is 0 Å². The van der Waals surface area contributed by atoms with Gasteiger partial charge >= 0.3 is 5.69 Å². The molecule has 1 fully saturated rings. The van der Waals surface area contributed by atoms with E-state index in [0.29, 0.717) is 25.3 Å².